The van der Waals surface area contributed by atoms with E-state index in [1.54, 1.807) is 74.5 Å². The third-order valence-corrected chi connectivity index (χ3v) is 9.28. The van der Waals surface area contributed by atoms with Crippen molar-refractivity contribution >= 4 is 50.7 Å². The summed E-state index contributed by atoms with van der Waals surface area (Å²) in [5.74, 6) is -0.588. The molecule has 0 aliphatic heterocycles. The van der Waals surface area contributed by atoms with Gasteiger partial charge in [0.25, 0.3) is 10.0 Å². The summed E-state index contributed by atoms with van der Waals surface area (Å²) in [6.45, 7) is 7.16. The average Bonchev–Trinajstić information content (AvgIpc) is 2.98. The molecular formula is C31H37Cl2N3O5S. The number of nitrogens with zero attached hydrogens (tertiary/aromatic N) is 2. The van der Waals surface area contributed by atoms with E-state index >= 15 is 0 Å². The highest BCUT2D eigenvalue weighted by molar-refractivity contribution is 7.92. The van der Waals surface area contributed by atoms with Crippen LogP contribution in [0, 0.1) is 0 Å². The van der Waals surface area contributed by atoms with Crippen LogP contribution in [0.2, 0.25) is 10.0 Å². The Morgan fingerprint density at radius 2 is 1.57 bits per heavy atom. The number of ether oxygens (including phenoxy) is 1. The minimum atomic E-state index is -4.22. The molecule has 2 atom stereocenters. The molecule has 0 heterocycles. The van der Waals surface area contributed by atoms with Gasteiger partial charge in [-0.2, -0.15) is 0 Å². The first-order valence-electron chi connectivity index (χ1n) is 13.9. The zero-order valence-corrected chi connectivity index (χ0v) is 26.5. The van der Waals surface area contributed by atoms with E-state index in [0.29, 0.717) is 40.8 Å². The maximum Gasteiger partial charge on any atom is 0.264 e. The SMILES string of the molecule is CCOc1ccccc1N(CC(=O)N(Cc1ccc(Cl)c(Cl)c1)C(CC)C(=O)NC(C)CC)S(=O)(=O)c1ccccc1. The Kier molecular flexibility index (Phi) is 12.1. The van der Waals surface area contributed by atoms with Gasteiger partial charge >= 0.3 is 0 Å². The van der Waals surface area contributed by atoms with E-state index in [1.807, 2.05) is 13.8 Å². The van der Waals surface area contributed by atoms with Crippen molar-refractivity contribution in [1.82, 2.24) is 10.2 Å². The first-order chi connectivity index (χ1) is 20.0. The van der Waals surface area contributed by atoms with Gasteiger partial charge < -0.3 is 15.0 Å². The molecule has 0 aliphatic carbocycles. The molecule has 0 saturated carbocycles. The predicted octanol–water partition coefficient (Wildman–Crippen LogP) is 6.31. The molecule has 0 spiro atoms. The molecule has 0 aliphatic rings. The predicted molar refractivity (Wildman–Crippen MR) is 168 cm³/mol. The normalized spacial score (nSPS) is 12.7. The van der Waals surface area contributed by atoms with Crippen LogP contribution in [0.15, 0.2) is 77.7 Å². The topological polar surface area (TPSA) is 96.0 Å². The van der Waals surface area contributed by atoms with Crippen LogP contribution in [0.1, 0.15) is 46.1 Å². The summed E-state index contributed by atoms with van der Waals surface area (Å²) in [6, 6.07) is 18.5. The fourth-order valence-electron chi connectivity index (χ4n) is 4.37. The van der Waals surface area contributed by atoms with E-state index in [0.717, 1.165) is 4.31 Å². The van der Waals surface area contributed by atoms with Gasteiger partial charge in [-0.05, 0) is 68.7 Å². The molecule has 1 N–H and O–H groups in total. The molecule has 0 saturated heterocycles. The Bertz CT molecular complexity index is 1470. The van der Waals surface area contributed by atoms with Gasteiger partial charge in [0.15, 0.2) is 0 Å². The highest BCUT2D eigenvalue weighted by Gasteiger charge is 2.35. The van der Waals surface area contributed by atoms with Crippen molar-refractivity contribution in [2.45, 2.75) is 64.1 Å². The van der Waals surface area contributed by atoms with Gasteiger partial charge in [0.2, 0.25) is 11.8 Å². The maximum absolute atomic E-state index is 14.2. The van der Waals surface area contributed by atoms with E-state index in [9.17, 15) is 18.0 Å². The number of amides is 2. The smallest absolute Gasteiger partial charge is 0.264 e. The van der Waals surface area contributed by atoms with Crippen LogP contribution in [-0.2, 0) is 26.2 Å². The molecule has 2 amide bonds. The zero-order chi connectivity index (χ0) is 30.9. The third-order valence-electron chi connectivity index (χ3n) is 6.77. The standard InChI is InChI=1S/C31H37Cl2N3O5S/c1-5-22(4)34-31(38)27(6-2)35(20-23-17-18-25(32)26(33)19-23)30(37)21-36(28-15-11-12-16-29(28)41-7-3)42(39,40)24-13-9-8-10-14-24/h8-19,22,27H,5-7,20-21H2,1-4H3,(H,34,38). The van der Waals surface area contributed by atoms with Crippen LogP contribution in [0.25, 0.3) is 0 Å². The largest absolute Gasteiger partial charge is 0.492 e. The van der Waals surface area contributed by atoms with E-state index in [1.165, 1.54) is 17.0 Å². The third kappa shape index (κ3) is 8.18. The summed E-state index contributed by atoms with van der Waals surface area (Å²) in [4.78, 5) is 29.1. The number of carbonyl (C=O) groups is 2. The lowest BCUT2D eigenvalue weighted by molar-refractivity contribution is -0.140. The number of carbonyl (C=O) groups excluding carboxylic acids is 2. The summed E-state index contributed by atoms with van der Waals surface area (Å²) < 4.78 is 34.9. The summed E-state index contributed by atoms with van der Waals surface area (Å²) in [5, 5.41) is 3.61. The van der Waals surface area contributed by atoms with Crippen molar-refractivity contribution in [3.05, 3.63) is 88.4 Å². The minimum absolute atomic E-state index is 0.00842. The van der Waals surface area contributed by atoms with Gasteiger partial charge in [-0.25, -0.2) is 8.42 Å². The molecule has 42 heavy (non-hydrogen) atoms. The van der Waals surface area contributed by atoms with Gasteiger partial charge in [0, 0.05) is 12.6 Å². The molecule has 3 rings (SSSR count). The first-order valence-corrected chi connectivity index (χ1v) is 16.1. The van der Waals surface area contributed by atoms with E-state index in [-0.39, 0.29) is 29.1 Å². The number of benzene rings is 3. The molecule has 3 aromatic carbocycles. The molecule has 0 bridgehead atoms. The lowest BCUT2D eigenvalue weighted by Crippen LogP contribution is -2.53. The highest BCUT2D eigenvalue weighted by Crippen LogP contribution is 2.33. The quantitative estimate of drug-likeness (QED) is 0.224. The van der Waals surface area contributed by atoms with Crippen LogP contribution < -0.4 is 14.4 Å². The first kappa shape index (κ1) is 33.2. The number of halogens is 2. The van der Waals surface area contributed by atoms with Crippen molar-refractivity contribution in [2.75, 3.05) is 17.5 Å². The van der Waals surface area contributed by atoms with Crippen LogP contribution in [0.5, 0.6) is 5.75 Å². The number of rotatable bonds is 14. The van der Waals surface area contributed by atoms with Crippen molar-refractivity contribution in [1.29, 1.82) is 0 Å². The maximum atomic E-state index is 14.2. The number of para-hydroxylation sites is 2. The second kappa shape index (κ2) is 15.3. The molecule has 0 fully saturated rings. The van der Waals surface area contributed by atoms with Crippen LogP contribution >= 0.6 is 23.2 Å². The van der Waals surface area contributed by atoms with Crippen molar-refractivity contribution in [3.8, 4) is 5.75 Å². The van der Waals surface area contributed by atoms with Crippen LogP contribution in [0.4, 0.5) is 5.69 Å². The van der Waals surface area contributed by atoms with Crippen molar-refractivity contribution in [2.24, 2.45) is 0 Å². The number of anilines is 1. The molecule has 3 aromatic rings. The molecule has 11 heteroatoms. The van der Waals surface area contributed by atoms with E-state index in [4.69, 9.17) is 27.9 Å². The minimum Gasteiger partial charge on any atom is -0.492 e. The second-order valence-electron chi connectivity index (χ2n) is 9.74. The average molecular weight is 635 g/mol. The second-order valence-corrected chi connectivity index (χ2v) is 12.4. The van der Waals surface area contributed by atoms with Crippen molar-refractivity contribution < 1.29 is 22.7 Å². The summed E-state index contributed by atoms with van der Waals surface area (Å²) in [7, 11) is -4.22. The van der Waals surface area contributed by atoms with Gasteiger partial charge in [-0.15, -0.1) is 0 Å². The lowest BCUT2D eigenvalue weighted by atomic mass is 10.1. The fourth-order valence-corrected chi connectivity index (χ4v) is 6.14. The van der Waals surface area contributed by atoms with Gasteiger partial charge in [-0.1, -0.05) is 73.4 Å². The molecule has 226 valence electrons. The van der Waals surface area contributed by atoms with Crippen molar-refractivity contribution in [3.63, 3.8) is 0 Å². The number of sulfonamides is 1. The Labute approximate surface area is 258 Å². The molecule has 0 radical (unpaired) electrons. The Balaban J connectivity index is 2.11. The summed E-state index contributed by atoms with van der Waals surface area (Å²) in [5.41, 5.74) is 0.850. The Morgan fingerprint density at radius 1 is 0.905 bits per heavy atom. The lowest BCUT2D eigenvalue weighted by Gasteiger charge is -2.34. The Morgan fingerprint density at radius 3 is 2.19 bits per heavy atom. The molecule has 2 unspecified atom stereocenters. The number of hydrogen-bond acceptors (Lipinski definition) is 5. The zero-order valence-electron chi connectivity index (χ0n) is 24.2. The summed E-state index contributed by atoms with van der Waals surface area (Å²) >= 11 is 12.4. The summed E-state index contributed by atoms with van der Waals surface area (Å²) in [6.07, 6.45) is 1.01. The molecule has 0 aromatic heterocycles. The monoisotopic (exact) mass is 633 g/mol. The fraction of sp³-hybridized carbons (Fsp3) is 0.355. The van der Waals surface area contributed by atoms with Gasteiger partial charge in [-0.3, -0.25) is 13.9 Å². The Hall–Kier alpha value is -3.27. The molecular weight excluding hydrogens is 597 g/mol. The van der Waals surface area contributed by atoms with Crippen LogP contribution in [-0.4, -0.2) is 50.4 Å². The highest BCUT2D eigenvalue weighted by atomic mass is 35.5. The van der Waals surface area contributed by atoms with E-state index < -0.39 is 28.5 Å². The van der Waals surface area contributed by atoms with Gasteiger partial charge in [0.1, 0.15) is 18.3 Å². The van der Waals surface area contributed by atoms with E-state index in [2.05, 4.69) is 5.32 Å². The number of hydrogen-bond donors (Lipinski definition) is 1. The van der Waals surface area contributed by atoms with Gasteiger partial charge in [0.05, 0.1) is 27.2 Å². The van der Waals surface area contributed by atoms with Crippen LogP contribution in [0.3, 0.4) is 0 Å². The molecule has 8 nitrogen and oxygen atoms in total. The number of nitrogens with one attached hydrogen (secondary N) is 1.